The van der Waals surface area contributed by atoms with Gasteiger partial charge in [-0.25, -0.2) is 0 Å². The lowest BCUT2D eigenvalue weighted by Crippen LogP contribution is -2.32. The molecule has 1 amide bonds. The molecule has 0 saturated carbocycles. The lowest BCUT2D eigenvalue weighted by atomic mass is 10.1. The van der Waals surface area contributed by atoms with Gasteiger partial charge in [0, 0.05) is 24.1 Å². The smallest absolute Gasteiger partial charge is 0.387 e. The molecule has 0 aliphatic rings. The lowest BCUT2D eigenvalue weighted by molar-refractivity contribution is -0.117. The van der Waals surface area contributed by atoms with Crippen LogP contribution in [0.5, 0.6) is 11.5 Å². The lowest BCUT2D eigenvalue weighted by Gasteiger charge is -2.13. The molecule has 0 spiro atoms. The molecule has 25 heavy (non-hydrogen) atoms. The van der Waals surface area contributed by atoms with E-state index in [2.05, 4.69) is 10.1 Å². The highest BCUT2D eigenvalue weighted by molar-refractivity contribution is 5.92. The van der Waals surface area contributed by atoms with E-state index in [4.69, 9.17) is 9.15 Å². The van der Waals surface area contributed by atoms with Crippen LogP contribution in [-0.4, -0.2) is 25.7 Å². The Morgan fingerprint density at radius 2 is 2.12 bits per heavy atom. The van der Waals surface area contributed by atoms with Crippen molar-refractivity contribution in [2.24, 2.45) is 0 Å². The first-order valence-corrected chi connectivity index (χ1v) is 7.62. The number of rotatable bonds is 8. The van der Waals surface area contributed by atoms with E-state index in [0.29, 0.717) is 12.0 Å². The second kappa shape index (κ2) is 8.86. The fourth-order valence-corrected chi connectivity index (χ4v) is 2.28. The number of halogens is 2. The zero-order chi connectivity index (χ0) is 18.2. The average molecular weight is 351 g/mol. The number of carbonyl (C=O) groups is 1. The van der Waals surface area contributed by atoms with Crippen molar-refractivity contribution in [1.29, 1.82) is 0 Å². The maximum atomic E-state index is 12.6. The van der Waals surface area contributed by atoms with E-state index in [9.17, 15) is 13.6 Å². The molecular weight excluding hydrogens is 332 g/mol. The number of benzene rings is 1. The Balaban J connectivity index is 2.03. The van der Waals surface area contributed by atoms with Crippen molar-refractivity contribution in [3.63, 3.8) is 0 Å². The summed E-state index contributed by atoms with van der Waals surface area (Å²) in [6, 6.07) is 8.12. The minimum atomic E-state index is -2.99. The van der Waals surface area contributed by atoms with Crippen molar-refractivity contribution < 1.29 is 27.5 Å². The minimum absolute atomic E-state index is 0.118. The van der Waals surface area contributed by atoms with Gasteiger partial charge in [-0.1, -0.05) is 12.1 Å². The molecule has 1 heterocycles. The van der Waals surface area contributed by atoms with Crippen molar-refractivity contribution >= 4 is 12.0 Å². The van der Waals surface area contributed by atoms with Crippen LogP contribution in [0.25, 0.3) is 6.08 Å². The molecule has 0 bridgehead atoms. The Morgan fingerprint density at radius 1 is 1.32 bits per heavy atom. The number of amides is 1. The van der Waals surface area contributed by atoms with E-state index in [1.165, 1.54) is 25.3 Å². The predicted molar refractivity (Wildman–Crippen MR) is 88.7 cm³/mol. The molecule has 0 saturated heterocycles. The molecule has 0 radical (unpaired) electrons. The molecule has 134 valence electrons. The highest BCUT2D eigenvalue weighted by Gasteiger charge is 2.14. The van der Waals surface area contributed by atoms with Crippen LogP contribution < -0.4 is 14.8 Å². The van der Waals surface area contributed by atoms with Gasteiger partial charge in [-0.05, 0) is 31.2 Å². The third-order valence-corrected chi connectivity index (χ3v) is 3.33. The number of carbonyl (C=O) groups excluding carboxylic acids is 1. The summed E-state index contributed by atoms with van der Waals surface area (Å²) in [4.78, 5) is 12.0. The Kier molecular flexibility index (Phi) is 6.56. The molecule has 1 unspecified atom stereocenters. The summed E-state index contributed by atoms with van der Waals surface area (Å²) in [5, 5.41) is 2.77. The van der Waals surface area contributed by atoms with Gasteiger partial charge in [0.1, 0.15) is 5.76 Å². The molecule has 1 atom stereocenters. The second-order valence-electron chi connectivity index (χ2n) is 5.28. The third kappa shape index (κ3) is 5.63. The van der Waals surface area contributed by atoms with Crippen LogP contribution in [0.2, 0.25) is 0 Å². The molecule has 0 aliphatic carbocycles. The number of furan rings is 1. The van der Waals surface area contributed by atoms with Crippen molar-refractivity contribution in [1.82, 2.24) is 5.32 Å². The average Bonchev–Trinajstić information content (AvgIpc) is 3.06. The van der Waals surface area contributed by atoms with Gasteiger partial charge in [0.2, 0.25) is 5.91 Å². The van der Waals surface area contributed by atoms with Gasteiger partial charge in [-0.15, -0.1) is 0 Å². The maximum Gasteiger partial charge on any atom is 0.387 e. The van der Waals surface area contributed by atoms with Crippen molar-refractivity contribution in [3.8, 4) is 11.5 Å². The Labute approximate surface area is 144 Å². The Morgan fingerprint density at radius 3 is 2.76 bits per heavy atom. The van der Waals surface area contributed by atoms with Gasteiger partial charge in [0.05, 0.1) is 13.4 Å². The number of para-hydroxylation sites is 1. The van der Waals surface area contributed by atoms with E-state index in [0.717, 1.165) is 5.76 Å². The predicted octanol–water partition coefficient (Wildman–Crippen LogP) is 3.65. The fourth-order valence-electron chi connectivity index (χ4n) is 2.28. The Hall–Kier alpha value is -2.83. The van der Waals surface area contributed by atoms with Crippen molar-refractivity contribution in [2.75, 3.05) is 7.11 Å². The summed E-state index contributed by atoms with van der Waals surface area (Å²) < 4.78 is 39.9. The van der Waals surface area contributed by atoms with E-state index >= 15 is 0 Å². The highest BCUT2D eigenvalue weighted by Crippen LogP contribution is 2.33. The number of hydrogen-bond donors (Lipinski definition) is 1. The van der Waals surface area contributed by atoms with Crippen LogP contribution in [-0.2, 0) is 11.2 Å². The highest BCUT2D eigenvalue weighted by atomic mass is 19.3. The third-order valence-electron chi connectivity index (χ3n) is 3.33. The Bertz CT molecular complexity index is 714. The molecule has 1 aromatic heterocycles. The molecule has 2 aromatic rings. The quantitative estimate of drug-likeness (QED) is 0.738. The van der Waals surface area contributed by atoms with Crippen LogP contribution >= 0.6 is 0 Å². The number of methoxy groups -OCH3 is 1. The van der Waals surface area contributed by atoms with Crippen LogP contribution in [0.1, 0.15) is 18.2 Å². The van der Waals surface area contributed by atoms with Crippen molar-refractivity contribution in [3.05, 3.63) is 54.0 Å². The summed E-state index contributed by atoms with van der Waals surface area (Å²) in [5.74, 6) is 0.448. The molecule has 2 rings (SSSR count). The SMILES string of the molecule is COc1cccc(/C=C/C(=O)NC(C)Cc2ccco2)c1OC(F)F. The fraction of sp³-hybridized carbons (Fsp3) is 0.278. The second-order valence-corrected chi connectivity index (χ2v) is 5.28. The number of nitrogens with one attached hydrogen (secondary N) is 1. The summed E-state index contributed by atoms with van der Waals surface area (Å²) >= 11 is 0. The van der Waals surface area contributed by atoms with E-state index in [1.807, 2.05) is 13.0 Å². The number of ether oxygens (including phenoxy) is 2. The largest absolute Gasteiger partial charge is 0.493 e. The van der Waals surface area contributed by atoms with Gasteiger partial charge >= 0.3 is 6.61 Å². The number of alkyl halides is 2. The molecule has 0 fully saturated rings. The molecule has 7 heteroatoms. The molecular formula is C18H19F2NO4. The zero-order valence-electron chi connectivity index (χ0n) is 13.9. The minimum Gasteiger partial charge on any atom is -0.493 e. The van der Waals surface area contributed by atoms with Crippen LogP contribution in [0.4, 0.5) is 8.78 Å². The zero-order valence-corrected chi connectivity index (χ0v) is 13.9. The first-order valence-electron chi connectivity index (χ1n) is 7.62. The topological polar surface area (TPSA) is 60.7 Å². The summed E-state index contributed by atoms with van der Waals surface area (Å²) in [7, 11) is 1.35. The van der Waals surface area contributed by atoms with Gasteiger partial charge in [0.25, 0.3) is 0 Å². The van der Waals surface area contributed by atoms with Crippen molar-refractivity contribution in [2.45, 2.75) is 26.0 Å². The van der Waals surface area contributed by atoms with Gasteiger partial charge < -0.3 is 19.2 Å². The summed E-state index contributed by atoms with van der Waals surface area (Å²) in [5.41, 5.74) is 0.313. The van der Waals surface area contributed by atoms with Gasteiger partial charge in [-0.3, -0.25) is 4.79 Å². The summed E-state index contributed by atoms with van der Waals surface area (Å²) in [6.07, 6.45) is 4.77. The maximum absolute atomic E-state index is 12.6. The monoisotopic (exact) mass is 351 g/mol. The van der Waals surface area contributed by atoms with E-state index in [1.54, 1.807) is 24.5 Å². The molecule has 1 aromatic carbocycles. The summed E-state index contributed by atoms with van der Waals surface area (Å²) in [6.45, 7) is -1.16. The first kappa shape index (κ1) is 18.5. The van der Waals surface area contributed by atoms with E-state index in [-0.39, 0.29) is 23.4 Å². The van der Waals surface area contributed by atoms with E-state index < -0.39 is 6.61 Å². The van der Waals surface area contributed by atoms with Gasteiger partial charge in [0.15, 0.2) is 11.5 Å². The normalized spacial score (nSPS) is 12.4. The van der Waals surface area contributed by atoms with Crippen LogP contribution in [0, 0.1) is 0 Å². The van der Waals surface area contributed by atoms with Gasteiger partial charge in [-0.2, -0.15) is 8.78 Å². The number of hydrogen-bond acceptors (Lipinski definition) is 4. The first-order chi connectivity index (χ1) is 12.0. The molecule has 5 nitrogen and oxygen atoms in total. The standard InChI is InChI=1S/C18H19F2NO4/c1-12(11-14-6-4-10-24-14)21-16(22)9-8-13-5-3-7-15(23-2)17(13)25-18(19)20/h3-10,12,18H,11H2,1-2H3,(H,21,22)/b9-8+. The molecule has 0 aliphatic heterocycles. The van der Waals surface area contributed by atoms with Crippen LogP contribution in [0.15, 0.2) is 47.1 Å². The molecule has 1 N–H and O–H groups in total. The van der Waals surface area contributed by atoms with Crippen LogP contribution in [0.3, 0.4) is 0 Å².